The highest BCUT2D eigenvalue weighted by Gasteiger charge is 2.71. The Hall–Kier alpha value is -0.610. The molecule has 2 aliphatic carbocycles. The van der Waals surface area contributed by atoms with E-state index < -0.39 is 5.54 Å². The second-order valence-corrected chi connectivity index (χ2v) is 7.94. The molecule has 3 unspecified atom stereocenters. The van der Waals surface area contributed by atoms with E-state index in [1.165, 1.54) is 32.1 Å². The van der Waals surface area contributed by atoms with Crippen LogP contribution < -0.4 is 11.1 Å². The molecule has 0 bridgehead atoms. The lowest BCUT2D eigenvalue weighted by Gasteiger charge is -2.61. The molecule has 0 radical (unpaired) electrons. The van der Waals surface area contributed by atoms with Crippen molar-refractivity contribution in [2.24, 2.45) is 23.0 Å². The minimum absolute atomic E-state index is 0.0392. The Morgan fingerprint density at radius 3 is 2.57 bits per heavy atom. The lowest BCUT2D eigenvalue weighted by molar-refractivity contribution is -0.176. The number of nitrogens with two attached hydrogens (primary N) is 1. The molecule has 0 spiro atoms. The average molecular weight is 294 g/mol. The van der Waals surface area contributed by atoms with Crippen LogP contribution in [0, 0.1) is 17.3 Å². The first-order chi connectivity index (χ1) is 9.89. The molecule has 0 aromatic carbocycles. The fraction of sp³-hybridized carbons (Fsp3) is 0.941. The molecule has 0 aromatic rings. The van der Waals surface area contributed by atoms with Gasteiger partial charge in [0.2, 0.25) is 5.91 Å². The fourth-order valence-electron chi connectivity index (χ4n) is 4.92. The largest absolute Gasteiger partial charge is 0.377 e. The Balaban J connectivity index is 1.67. The topological polar surface area (TPSA) is 64.4 Å². The SMILES string of the molecule is C[C@H](NC(=O)C1(N)C2CCOC2C1(C)C)C1CCCCC1. The van der Waals surface area contributed by atoms with Crippen molar-refractivity contribution in [1.82, 2.24) is 5.32 Å². The highest BCUT2D eigenvalue weighted by atomic mass is 16.5. The van der Waals surface area contributed by atoms with Crippen LogP contribution in [0.3, 0.4) is 0 Å². The number of ether oxygens (including phenoxy) is 1. The van der Waals surface area contributed by atoms with Crippen LogP contribution in [0.15, 0.2) is 0 Å². The van der Waals surface area contributed by atoms with Gasteiger partial charge in [0.1, 0.15) is 5.54 Å². The molecule has 4 nitrogen and oxygen atoms in total. The number of amides is 1. The Bertz CT molecular complexity index is 417. The lowest BCUT2D eigenvalue weighted by Crippen LogP contribution is -2.80. The predicted molar refractivity (Wildman–Crippen MR) is 82.7 cm³/mol. The summed E-state index contributed by atoms with van der Waals surface area (Å²) in [7, 11) is 0. The molecule has 4 atom stereocenters. The third-order valence-corrected chi connectivity index (χ3v) is 6.55. The van der Waals surface area contributed by atoms with Crippen molar-refractivity contribution in [3.8, 4) is 0 Å². The Morgan fingerprint density at radius 1 is 1.24 bits per heavy atom. The molecule has 2 saturated carbocycles. The summed E-state index contributed by atoms with van der Waals surface area (Å²) in [5, 5.41) is 3.24. The van der Waals surface area contributed by atoms with Gasteiger partial charge in [0.05, 0.1) is 6.10 Å². The van der Waals surface area contributed by atoms with Gasteiger partial charge in [-0.1, -0.05) is 33.1 Å². The fourth-order valence-corrected chi connectivity index (χ4v) is 4.92. The summed E-state index contributed by atoms with van der Waals surface area (Å²) in [5.74, 6) is 0.841. The smallest absolute Gasteiger partial charge is 0.241 e. The first-order valence-electron chi connectivity index (χ1n) is 8.60. The molecule has 4 heteroatoms. The van der Waals surface area contributed by atoms with Crippen LogP contribution in [-0.4, -0.2) is 30.2 Å². The normalized spacial score (nSPS) is 40.2. The van der Waals surface area contributed by atoms with Gasteiger partial charge in [-0.15, -0.1) is 0 Å². The Morgan fingerprint density at radius 2 is 1.90 bits per heavy atom. The summed E-state index contributed by atoms with van der Waals surface area (Å²) in [6.45, 7) is 7.03. The summed E-state index contributed by atoms with van der Waals surface area (Å²) >= 11 is 0. The van der Waals surface area contributed by atoms with E-state index >= 15 is 0 Å². The van der Waals surface area contributed by atoms with E-state index in [9.17, 15) is 4.79 Å². The van der Waals surface area contributed by atoms with Gasteiger partial charge in [-0.2, -0.15) is 0 Å². The summed E-state index contributed by atoms with van der Waals surface area (Å²) in [4.78, 5) is 12.9. The molecule has 3 fully saturated rings. The third kappa shape index (κ3) is 2.14. The first-order valence-corrected chi connectivity index (χ1v) is 8.60. The average Bonchev–Trinajstić information content (AvgIpc) is 2.95. The van der Waals surface area contributed by atoms with Crippen LogP contribution in [0.5, 0.6) is 0 Å². The predicted octanol–water partition coefficient (Wildman–Crippen LogP) is 2.21. The maximum absolute atomic E-state index is 12.9. The van der Waals surface area contributed by atoms with E-state index in [1.54, 1.807) is 0 Å². The van der Waals surface area contributed by atoms with Gasteiger partial charge < -0.3 is 15.8 Å². The second kappa shape index (κ2) is 5.24. The van der Waals surface area contributed by atoms with Crippen molar-refractivity contribution in [3.63, 3.8) is 0 Å². The third-order valence-electron chi connectivity index (χ3n) is 6.55. The van der Waals surface area contributed by atoms with E-state index in [-0.39, 0.29) is 29.4 Å². The molecular formula is C17H30N2O2. The van der Waals surface area contributed by atoms with Crippen LogP contribution in [-0.2, 0) is 9.53 Å². The zero-order valence-corrected chi connectivity index (χ0v) is 13.7. The van der Waals surface area contributed by atoms with E-state index in [2.05, 4.69) is 26.1 Å². The number of fused-ring (bicyclic) bond motifs is 1. The number of nitrogens with one attached hydrogen (secondary N) is 1. The lowest BCUT2D eigenvalue weighted by atomic mass is 9.48. The number of rotatable bonds is 3. The molecular weight excluding hydrogens is 264 g/mol. The minimum Gasteiger partial charge on any atom is -0.377 e. The molecule has 0 aromatic heterocycles. The van der Waals surface area contributed by atoms with Gasteiger partial charge in [-0.25, -0.2) is 0 Å². The maximum Gasteiger partial charge on any atom is 0.241 e. The Kier molecular flexibility index (Phi) is 3.81. The van der Waals surface area contributed by atoms with Crippen LogP contribution in [0.25, 0.3) is 0 Å². The van der Waals surface area contributed by atoms with E-state index in [0.29, 0.717) is 5.92 Å². The maximum atomic E-state index is 12.9. The Labute approximate surface area is 128 Å². The summed E-state index contributed by atoms with van der Waals surface area (Å²) in [5.41, 5.74) is 5.56. The van der Waals surface area contributed by atoms with Gasteiger partial charge in [-0.3, -0.25) is 4.79 Å². The molecule has 1 saturated heterocycles. The van der Waals surface area contributed by atoms with E-state index in [4.69, 9.17) is 10.5 Å². The molecule has 1 heterocycles. The van der Waals surface area contributed by atoms with Gasteiger partial charge in [0.15, 0.2) is 0 Å². The summed E-state index contributed by atoms with van der Waals surface area (Å²) in [6.07, 6.45) is 7.46. The van der Waals surface area contributed by atoms with Crippen molar-refractivity contribution in [3.05, 3.63) is 0 Å². The van der Waals surface area contributed by atoms with Crippen molar-refractivity contribution in [1.29, 1.82) is 0 Å². The van der Waals surface area contributed by atoms with Crippen LogP contribution in [0.4, 0.5) is 0 Å². The van der Waals surface area contributed by atoms with E-state index in [0.717, 1.165) is 13.0 Å². The molecule has 3 rings (SSSR count). The van der Waals surface area contributed by atoms with Crippen LogP contribution >= 0.6 is 0 Å². The minimum atomic E-state index is -0.767. The van der Waals surface area contributed by atoms with E-state index in [1.807, 2.05) is 0 Å². The first kappa shape index (κ1) is 15.3. The number of hydrogen-bond donors (Lipinski definition) is 2. The summed E-state index contributed by atoms with van der Waals surface area (Å²) in [6, 6.07) is 0.232. The number of carbonyl (C=O) groups excluding carboxylic acids is 1. The number of carbonyl (C=O) groups is 1. The van der Waals surface area contributed by atoms with Crippen LogP contribution in [0.2, 0.25) is 0 Å². The summed E-state index contributed by atoms with van der Waals surface area (Å²) < 4.78 is 5.77. The van der Waals surface area contributed by atoms with Gasteiger partial charge in [0, 0.05) is 24.0 Å². The number of hydrogen-bond acceptors (Lipinski definition) is 3. The molecule has 3 N–H and O–H groups in total. The van der Waals surface area contributed by atoms with Crippen molar-refractivity contribution in [2.45, 2.75) is 77.0 Å². The molecule has 3 aliphatic rings. The molecule has 21 heavy (non-hydrogen) atoms. The van der Waals surface area contributed by atoms with Gasteiger partial charge in [0.25, 0.3) is 0 Å². The quantitative estimate of drug-likeness (QED) is 0.839. The molecule has 1 amide bonds. The van der Waals surface area contributed by atoms with Crippen molar-refractivity contribution in [2.75, 3.05) is 6.61 Å². The van der Waals surface area contributed by atoms with Crippen LogP contribution in [0.1, 0.15) is 59.3 Å². The van der Waals surface area contributed by atoms with Crippen molar-refractivity contribution < 1.29 is 9.53 Å². The van der Waals surface area contributed by atoms with Gasteiger partial charge >= 0.3 is 0 Å². The molecule has 1 aliphatic heterocycles. The van der Waals surface area contributed by atoms with Gasteiger partial charge in [-0.05, 0) is 32.1 Å². The second-order valence-electron chi connectivity index (χ2n) is 7.94. The van der Waals surface area contributed by atoms with Crippen molar-refractivity contribution >= 4 is 5.91 Å². The zero-order chi connectivity index (χ0) is 15.3. The monoisotopic (exact) mass is 294 g/mol. The standard InChI is InChI=1S/C17H30N2O2/c1-11(12-7-5-4-6-8-12)19-15(20)17(18)13-9-10-21-14(13)16(17,2)3/h11-14H,4-10,18H2,1-3H3,(H,19,20)/t11-,13?,14?,17?/m0/s1. The highest BCUT2D eigenvalue weighted by Crippen LogP contribution is 2.58. The highest BCUT2D eigenvalue weighted by molar-refractivity contribution is 5.89. The zero-order valence-electron chi connectivity index (χ0n) is 13.7. The molecule has 120 valence electrons.